The maximum atomic E-state index is 6.12. The minimum Gasteiger partial charge on any atom is -0.329 e. The molecule has 1 aromatic carbocycles. The monoisotopic (exact) mass is 330 g/mol. The van der Waals surface area contributed by atoms with Crippen LogP contribution in [0.15, 0.2) is 22.7 Å². The van der Waals surface area contributed by atoms with Crippen LogP contribution < -0.4 is 5.73 Å². The van der Waals surface area contributed by atoms with Gasteiger partial charge in [0.2, 0.25) is 0 Å². The average molecular weight is 332 g/mol. The van der Waals surface area contributed by atoms with Crippen molar-refractivity contribution < 1.29 is 0 Å². The number of benzene rings is 1. The van der Waals surface area contributed by atoms with Gasteiger partial charge in [-0.15, -0.1) is 0 Å². The zero-order chi connectivity index (χ0) is 13.3. The predicted molar refractivity (Wildman–Crippen MR) is 81.0 cm³/mol. The Hall–Kier alpha value is -0.0900. The van der Waals surface area contributed by atoms with Crippen LogP contribution in [0.3, 0.4) is 0 Å². The number of likely N-dealkylation sites (tertiary alicyclic amines) is 1. The molecule has 1 atom stereocenters. The van der Waals surface area contributed by atoms with Gasteiger partial charge in [-0.2, -0.15) is 0 Å². The zero-order valence-corrected chi connectivity index (χ0v) is 13.3. The summed E-state index contributed by atoms with van der Waals surface area (Å²) in [6, 6.07) is 6.16. The second kappa shape index (κ2) is 5.49. The molecule has 0 saturated carbocycles. The van der Waals surface area contributed by atoms with Crippen LogP contribution in [0, 0.1) is 0 Å². The fraction of sp³-hybridized carbons (Fsp3) is 0.571. The molecule has 1 fully saturated rings. The van der Waals surface area contributed by atoms with Gasteiger partial charge in [0.1, 0.15) is 0 Å². The lowest BCUT2D eigenvalue weighted by molar-refractivity contribution is 0.119. The molecule has 0 spiro atoms. The number of hydrogen-bond donors (Lipinski definition) is 1. The van der Waals surface area contributed by atoms with E-state index in [-0.39, 0.29) is 11.6 Å². The smallest absolute Gasteiger partial charge is 0.0487 e. The third-order valence-electron chi connectivity index (χ3n) is 3.88. The minimum absolute atomic E-state index is 0.214. The highest BCUT2D eigenvalue weighted by atomic mass is 79.9. The quantitative estimate of drug-likeness (QED) is 0.908. The van der Waals surface area contributed by atoms with Crippen molar-refractivity contribution in [3.8, 4) is 0 Å². The first kappa shape index (κ1) is 14.3. The molecule has 0 amide bonds. The topological polar surface area (TPSA) is 29.3 Å². The fourth-order valence-electron chi connectivity index (χ4n) is 2.90. The van der Waals surface area contributed by atoms with Crippen LogP contribution in [0.1, 0.15) is 38.3 Å². The van der Waals surface area contributed by atoms with E-state index in [9.17, 15) is 0 Å². The van der Waals surface area contributed by atoms with Crippen molar-refractivity contribution in [1.29, 1.82) is 0 Å². The summed E-state index contributed by atoms with van der Waals surface area (Å²) < 4.78 is 1.09. The number of halogens is 2. The van der Waals surface area contributed by atoms with E-state index in [1.165, 1.54) is 18.4 Å². The molecule has 2 rings (SSSR count). The van der Waals surface area contributed by atoms with Crippen molar-refractivity contribution in [3.05, 3.63) is 33.3 Å². The molecule has 1 unspecified atom stereocenters. The summed E-state index contributed by atoms with van der Waals surface area (Å²) in [7, 11) is 0. The van der Waals surface area contributed by atoms with Crippen LogP contribution >= 0.6 is 27.5 Å². The van der Waals surface area contributed by atoms with E-state index in [0.717, 1.165) is 16.0 Å². The Bertz CT molecular complexity index is 434. The second-order valence-corrected chi connectivity index (χ2v) is 6.82. The standard InChI is InChI=1S/C14H20BrClN2/c1-14(2)6-3-7-18(14)13(9-17)11-8-10(16)4-5-12(11)15/h4-5,8,13H,3,6-7,9,17H2,1-2H3. The molecule has 2 nitrogen and oxygen atoms in total. The fourth-order valence-corrected chi connectivity index (χ4v) is 3.59. The van der Waals surface area contributed by atoms with E-state index >= 15 is 0 Å². The van der Waals surface area contributed by atoms with Crippen molar-refractivity contribution in [2.75, 3.05) is 13.1 Å². The predicted octanol–water partition coefficient (Wildman–Crippen LogP) is 3.98. The van der Waals surface area contributed by atoms with Gasteiger partial charge in [0.15, 0.2) is 0 Å². The van der Waals surface area contributed by atoms with Crippen molar-refractivity contribution in [3.63, 3.8) is 0 Å². The molecule has 0 aromatic heterocycles. The lowest BCUT2D eigenvalue weighted by Crippen LogP contribution is -2.43. The van der Waals surface area contributed by atoms with Gasteiger partial charge < -0.3 is 5.73 Å². The molecule has 0 radical (unpaired) electrons. The van der Waals surface area contributed by atoms with Gasteiger partial charge in [-0.25, -0.2) is 0 Å². The molecular formula is C14H20BrClN2. The van der Waals surface area contributed by atoms with Crippen LogP contribution in [-0.2, 0) is 0 Å². The van der Waals surface area contributed by atoms with E-state index in [4.69, 9.17) is 17.3 Å². The van der Waals surface area contributed by atoms with Crippen LogP contribution in [0.4, 0.5) is 0 Å². The van der Waals surface area contributed by atoms with Crippen molar-refractivity contribution in [2.24, 2.45) is 5.73 Å². The van der Waals surface area contributed by atoms with E-state index in [1.807, 2.05) is 18.2 Å². The van der Waals surface area contributed by atoms with Crippen molar-refractivity contribution in [2.45, 2.75) is 38.3 Å². The molecule has 2 N–H and O–H groups in total. The van der Waals surface area contributed by atoms with Crippen LogP contribution in [-0.4, -0.2) is 23.5 Å². The molecule has 0 aliphatic carbocycles. The molecule has 4 heteroatoms. The van der Waals surface area contributed by atoms with Crippen LogP contribution in [0.2, 0.25) is 5.02 Å². The average Bonchev–Trinajstić information content (AvgIpc) is 2.65. The van der Waals surface area contributed by atoms with E-state index < -0.39 is 0 Å². The molecule has 1 saturated heterocycles. The second-order valence-electron chi connectivity index (χ2n) is 5.53. The summed E-state index contributed by atoms with van der Waals surface area (Å²) in [5, 5.41) is 0.767. The molecule has 0 bridgehead atoms. The Morgan fingerprint density at radius 2 is 2.22 bits per heavy atom. The number of rotatable bonds is 3. The normalized spacial score (nSPS) is 21.2. The third kappa shape index (κ3) is 2.74. The van der Waals surface area contributed by atoms with Gasteiger partial charge in [-0.1, -0.05) is 27.5 Å². The van der Waals surface area contributed by atoms with Gasteiger partial charge in [-0.05, 0) is 57.0 Å². The molecule has 1 aliphatic rings. The van der Waals surface area contributed by atoms with Gasteiger partial charge in [0, 0.05) is 27.6 Å². The molecule has 100 valence electrons. The summed E-state index contributed by atoms with van der Waals surface area (Å²) in [6.07, 6.45) is 2.46. The Balaban J connectivity index is 2.36. The Morgan fingerprint density at radius 3 is 2.78 bits per heavy atom. The first-order chi connectivity index (χ1) is 8.45. The minimum atomic E-state index is 0.214. The first-order valence-electron chi connectivity index (χ1n) is 6.37. The summed E-state index contributed by atoms with van der Waals surface area (Å²) in [5.41, 5.74) is 7.43. The highest BCUT2D eigenvalue weighted by molar-refractivity contribution is 9.10. The Kier molecular flexibility index (Phi) is 4.37. The van der Waals surface area contributed by atoms with E-state index in [1.54, 1.807) is 0 Å². The number of hydrogen-bond acceptors (Lipinski definition) is 2. The maximum Gasteiger partial charge on any atom is 0.0487 e. The molecule has 1 aliphatic heterocycles. The summed E-state index contributed by atoms with van der Waals surface area (Å²) in [6.45, 7) is 6.30. The van der Waals surface area contributed by atoms with Gasteiger partial charge >= 0.3 is 0 Å². The van der Waals surface area contributed by atoms with Gasteiger partial charge in [0.05, 0.1) is 0 Å². The lowest BCUT2D eigenvalue weighted by Gasteiger charge is -2.38. The molecule has 18 heavy (non-hydrogen) atoms. The Morgan fingerprint density at radius 1 is 1.50 bits per heavy atom. The summed E-state index contributed by atoms with van der Waals surface area (Å²) >= 11 is 9.73. The number of nitrogens with two attached hydrogens (primary N) is 1. The lowest BCUT2D eigenvalue weighted by atomic mass is 9.97. The van der Waals surface area contributed by atoms with Crippen LogP contribution in [0.25, 0.3) is 0 Å². The highest BCUT2D eigenvalue weighted by Gasteiger charge is 2.37. The van der Waals surface area contributed by atoms with Gasteiger partial charge in [-0.3, -0.25) is 4.90 Å². The summed E-state index contributed by atoms with van der Waals surface area (Å²) in [5.74, 6) is 0. The van der Waals surface area contributed by atoms with Crippen molar-refractivity contribution in [1.82, 2.24) is 4.90 Å². The SMILES string of the molecule is CC1(C)CCCN1C(CN)c1cc(Cl)ccc1Br. The maximum absolute atomic E-state index is 6.12. The Labute approximate surface area is 123 Å². The van der Waals surface area contributed by atoms with E-state index in [0.29, 0.717) is 6.54 Å². The first-order valence-corrected chi connectivity index (χ1v) is 7.54. The van der Waals surface area contributed by atoms with Gasteiger partial charge in [0.25, 0.3) is 0 Å². The largest absolute Gasteiger partial charge is 0.329 e. The van der Waals surface area contributed by atoms with Crippen LogP contribution in [0.5, 0.6) is 0 Å². The summed E-state index contributed by atoms with van der Waals surface area (Å²) in [4.78, 5) is 2.50. The zero-order valence-electron chi connectivity index (χ0n) is 10.9. The molecule has 1 heterocycles. The third-order valence-corrected chi connectivity index (χ3v) is 4.84. The van der Waals surface area contributed by atoms with Crippen molar-refractivity contribution >= 4 is 27.5 Å². The molecule has 1 aromatic rings. The number of nitrogens with zero attached hydrogens (tertiary/aromatic N) is 1. The van der Waals surface area contributed by atoms with E-state index in [2.05, 4.69) is 34.7 Å². The molecular weight excluding hydrogens is 312 g/mol. The highest BCUT2D eigenvalue weighted by Crippen LogP contribution is 2.38.